The van der Waals surface area contributed by atoms with Crippen LogP contribution in [0.4, 0.5) is 0 Å². The van der Waals surface area contributed by atoms with E-state index in [0.29, 0.717) is 59.5 Å². The number of allylic oxidation sites excluding steroid dienone is 4. The molecule has 4 aliphatic carbocycles. The van der Waals surface area contributed by atoms with Crippen LogP contribution in [-0.2, 0) is 9.59 Å². The molecule has 30 heavy (non-hydrogen) atoms. The summed E-state index contributed by atoms with van der Waals surface area (Å²) in [5.74, 6) is 4.15. The quantitative estimate of drug-likeness (QED) is 0.478. The van der Waals surface area contributed by atoms with Gasteiger partial charge in [0.2, 0.25) is 0 Å². The Balaban J connectivity index is 1.59. The Morgan fingerprint density at radius 1 is 0.900 bits per heavy atom. The molecule has 3 saturated carbocycles. The van der Waals surface area contributed by atoms with Crippen molar-refractivity contribution in [3.05, 3.63) is 23.8 Å². The van der Waals surface area contributed by atoms with Gasteiger partial charge in [0.25, 0.3) is 0 Å². The zero-order valence-corrected chi connectivity index (χ0v) is 20.0. The third-order valence-electron chi connectivity index (χ3n) is 10.2. The smallest absolute Gasteiger partial charge is 0.159 e. The molecule has 3 fully saturated rings. The first kappa shape index (κ1) is 22.0. The number of rotatable bonds is 4. The van der Waals surface area contributed by atoms with Crippen molar-refractivity contribution in [3.63, 3.8) is 0 Å². The molecule has 166 valence electrons. The van der Waals surface area contributed by atoms with Crippen molar-refractivity contribution < 1.29 is 9.59 Å². The minimum absolute atomic E-state index is 0.00666. The SMILES string of the molecule is CC(C)[C@@H](C)/C=C/[C@@H](C)[C@H]1CC[C@H]2C3=CC(=O)C4CC(=O)CC[C@]4(C)[C@H]3CC[C@]12C. The van der Waals surface area contributed by atoms with E-state index in [2.05, 4.69) is 53.7 Å². The summed E-state index contributed by atoms with van der Waals surface area (Å²) >= 11 is 0. The van der Waals surface area contributed by atoms with E-state index in [1.165, 1.54) is 31.3 Å². The van der Waals surface area contributed by atoms with E-state index in [1.807, 2.05) is 6.08 Å². The van der Waals surface area contributed by atoms with Crippen molar-refractivity contribution in [2.75, 3.05) is 0 Å². The van der Waals surface area contributed by atoms with Gasteiger partial charge >= 0.3 is 0 Å². The van der Waals surface area contributed by atoms with E-state index in [9.17, 15) is 9.59 Å². The summed E-state index contributed by atoms with van der Waals surface area (Å²) in [7, 11) is 0. The van der Waals surface area contributed by atoms with E-state index < -0.39 is 0 Å². The lowest BCUT2D eigenvalue weighted by Gasteiger charge is -2.56. The van der Waals surface area contributed by atoms with Crippen molar-refractivity contribution in [2.24, 2.45) is 52.3 Å². The average molecular weight is 411 g/mol. The summed E-state index contributed by atoms with van der Waals surface area (Å²) in [6.45, 7) is 14.2. The van der Waals surface area contributed by atoms with Gasteiger partial charge in [-0.05, 0) is 84.5 Å². The van der Waals surface area contributed by atoms with Gasteiger partial charge in [-0.2, -0.15) is 0 Å². The minimum Gasteiger partial charge on any atom is -0.300 e. The van der Waals surface area contributed by atoms with Gasteiger partial charge in [0.15, 0.2) is 5.78 Å². The van der Waals surface area contributed by atoms with Gasteiger partial charge in [0.1, 0.15) is 5.78 Å². The number of hydrogen-bond acceptors (Lipinski definition) is 2. The highest BCUT2D eigenvalue weighted by atomic mass is 16.1. The normalized spacial score (nSPS) is 43.2. The van der Waals surface area contributed by atoms with Crippen LogP contribution in [0.3, 0.4) is 0 Å². The Hall–Kier alpha value is -1.18. The first-order chi connectivity index (χ1) is 14.1. The highest BCUT2D eigenvalue weighted by molar-refractivity contribution is 5.98. The van der Waals surface area contributed by atoms with Crippen LogP contribution in [0.2, 0.25) is 0 Å². The maximum atomic E-state index is 13.1. The Labute approximate surface area is 184 Å². The molecule has 2 heteroatoms. The van der Waals surface area contributed by atoms with Crippen LogP contribution in [0, 0.1) is 52.3 Å². The molecule has 0 spiro atoms. The molecule has 4 aliphatic rings. The fraction of sp³-hybridized carbons (Fsp3) is 0.786. The zero-order chi connectivity index (χ0) is 21.8. The lowest BCUT2D eigenvalue weighted by Crippen LogP contribution is -2.52. The lowest BCUT2D eigenvalue weighted by atomic mass is 9.47. The van der Waals surface area contributed by atoms with Crippen molar-refractivity contribution in [3.8, 4) is 0 Å². The van der Waals surface area contributed by atoms with Gasteiger partial charge < -0.3 is 0 Å². The predicted molar refractivity (Wildman–Crippen MR) is 123 cm³/mol. The van der Waals surface area contributed by atoms with Gasteiger partial charge in [0, 0.05) is 18.8 Å². The summed E-state index contributed by atoms with van der Waals surface area (Å²) in [5, 5.41) is 0. The fourth-order valence-corrected chi connectivity index (χ4v) is 7.77. The Bertz CT molecular complexity index is 774. The molecule has 0 aliphatic heterocycles. The monoisotopic (exact) mass is 410 g/mol. The van der Waals surface area contributed by atoms with E-state index >= 15 is 0 Å². The second-order valence-corrected chi connectivity index (χ2v) is 12.0. The first-order valence-electron chi connectivity index (χ1n) is 12.5. The topological polar surface area (TPSA) is 34.1 Å². The van der Waals surface area contributed by atoms with Gasteiger partial charge in [0.05, 0.1) is 0 Å². The van der Waals surface area contributed by atoms with Gasteiger partial charge in [-0.1, -0.05) is 59.3 Å². The molecular weight excluding hydrogens is 368 g/mol. The summed E-state index contributed by atoms with van der Waals surface area (Å²) in [6.07, 6.45) is 14.0. The summed E-state index contributed by atoms with van der Waals surface area (Å²) in [6, 6.07) is 0. The van der Waals surface area contributed by atoms with Crippen LogP contribution in [0.1, 0.15) is 86.5 Å². The molecule has 0 amide bonds. The fourth-order valence-electron chi connectivity index (χ4n) is 7.77. The maximum Gasteiger partial charge on any atom is 0.159 e. The Kier molecular flexibility index (Phi) is 5.69. The average Bonchev–Trinajstić information content (AvgIpc) is 3.04. The number of fused-ring (bicyclic) bond motifs is 5. The summed E-state index contributed by atoms with van der Waals surface area (Å²) in [4.78, 5) is 25.2. The van der Waals surface area contributed by atoms with Crippen molar-refractivity contribution >= 4 is 11.6 Å². The lowest BCUT2D eigenvalue weighted by molar-refractivity contribution is -0.138. The number of carbonyl (C=O) groups is 2. The molecule has 0 bridgehead atoms. The predicted octanol–water partition coefficient (Wildman–Crippen LogP) is 6.80. The Morgan fingerprint density at radius 2 is 1.60 bits per heavy atom. The molecule has 4 rings (SSSR count). The van der Waals surface area contributed by atoms with Crippen LogP contribution in [0.5, 0.6) is 0 Å². The largest absolute Gasteiger partial charge is 0.300 e. The van der Waals surface area contributed by atoms with Crippen molar-refractivity contribution in [1.82, 2.24) is 0 Å². The van der Waals surface area contributed by atoms with Crippen LogP contribution in [0.15, 0.2) is 23.8 Å². The zero-order valence-electron chi connectivity index (χ0n) is 20.0. The minimum atomic E-state index is -0.0616. The second-order valence-electron chi connectivity index (χ2n) is 12.0. The molecule has 0 heterocycles. The number of carbonyl (C=O) groups excluding carboxylic acids is 2. The molecule has 0 aromatic heterocycles. The van der Waals surface area contributed by atoms with Crippen LogP contribution < -0.4 is 0 Å². The standard InChI is InChI=1S/C28H42O2/c1-17(2)18(3)7-8-19(4)22-9-10-23-21-16-26(30)25-15-20(29)11-13-28(25,6)24(21)12-14-27(22,23)5/h7-8,16-19,22-25H,9-15H2,1-6H3/b8-7+/t18-,19+,22+,23-,24-,25?,27+,28+/m0/s1. The molecule has 1 unspecified atom stereocenters. The van der Waals surface area contributed by atoms with E-state index in [1.54, 1.807) is 0 Å². The highest BCUT2D eigenvalue weighted by Crippen LogP contribution is 2.66. The number of ketones is 2. The molecule has 0 radical (unpaired) electrons. The highest BCUT2D eigenvalue weighted by Gasteiger charge is 2.59. The van der Waals surface area contributed by atoms with E-state index in [-0.39, 0.29) is 17.1 Å². The van der Waals surface area contributed by atoms with Gasteiger partial charge in [-0.25, -0.2) is 0 Å². The molecule has 8 atom stereocenters. The number of Topliss-reactive ketones (excluding diaryl/α,β-unsaturated/α-hetero) is 1. The maximum absolute atomic E-state index is 13.1. The van der Waals surface area contributed by atoms with Gasteiger partial charge in [-0.3, -0.25) is 9.59 Å². The van der Waals surface area contributed by atoms with E-state index in [4.69, 9.17) is 0 Å². The molecule has 0 saturated heterocycles. The molecule has 2 nitrogen and oxygen atoms in total. The Morgan fingerprint density at radius 3 is 2.30 bits per heavy atom. The first-order valence-corrected chi connectivity index (χ1v) is 12.5. The number of hydrogen-bond donors (Lipinski definition) is 0. The molecular formula is C28H42O2. The van der Waals surface area contributed by atoms with Crippen LogP contribution >= 0.6 is 0 Å². The van der Waals surface area contributed by atoms with Crippen molar-refractivity contribution in [2.45, 2.75) is 86.5 Å². The third-order valence-corrected chi connectivity index (χ3v) is 10.2. The molecule has 0 N–H and O–H groups in total. The van der Waals surface area contributed by atoms with Crippen molar-refractivity contribution in [1.29, 1.82) is 0 Å². The molecule has 0 aromatic rings. The van der Waals surface area contributed by atoms with Crippen LogP contribution in [0.25, 0.3) is 0 Å². The summed E-state index contributed by atoms with van der Waals surface area (Å²) < 4.78 is 0. The van der Waals surface area contributed by atoms with Gasteiger partial charge in [-0.15, -0.1) is 0 Å². The van der Waals surface area contributed by atoms with E-state index in [0.717, 1.165) is 6.42 Å². The molecule has 0 aromatic carbocycles. The van der Waals surface area contributed by atoms with Crippen LogP contribution in [-0.4, -0.2) is 11.6 Å². The summed E-state index contributed by atoms with van der Waals surface area (Å²) in [5.41, 5.74) is 1.78. The second kappa shape index (κ2) is 7.75. The third kappa shape index (κ3) is 3.37.